The Morgan fingerprint density at radius 1 is 0.490 bits per heavy atom. The van der Waals surface area contributed by atoms with Crippen LogP contribution in [0.4, 0.5) is 0 Å². The second-order valence-corrected chi connectivity index (χ2v) is 16.1. The molecule has 0 rings (SSSR count). The third-order valence-electron chi connectivity index (χ3n) is 6.12. The van der Waals surface area contributed by atoms with Crippen molar-refractivity contribution in [3.8, 4) is 0 Å². The van der Waals surface area contributed by atoms with E-state index in [0.29, 0.717) is 0 Å². The van der Waals surface area contributed by atoms with E-state index in [0.717, 1.165) is 0 Å². The number of diazo groups is 1. The molecule has 0 saturated carbocycles. The van der Waals surface area contributed by atoms with E-state index in [4.69, 9.17) is 37.9 Å². The molecule has 0 saturated heterocycles. The first kappa shape index (κ1) is 48.1. The fourth-order valence-electron chi connectivity index (χ4n) is 4.37. The van der Waals surface area contributed by atoms with Crippen LogP contribution in [0.1, 0.15) is 109 Å². The monoisotopic (exact) mass is 732 g/mol. The number of carbonyl (C=O) groups is 4. The predicted octanol–water partition coefficient (Wildman–Crippen LogP) is 4.87. The molecule has 296 valence electrons. The summed E-state index contributed by atoms with van der Waals surface area (Å²) >= 11 is 0. The summed E-state index contributed by atoms with van der Waals surface area (Å²) in [6.07, 6.45) is 0.113. The summed E-state index contributed by atoms with van der Waals surface area (Å²) in [5, 5.41) is 9.42. The maximum Gasteiger partial charge on any atom is 0.318 e. The molecule has 0 aliphatic rings. The number of carbonyl (C=O) groups excluding carboxylic acids is 4. The van der Waals surface area contributed by atoms with E-state index in [1.165, 1.54) is 0 Å². The van der Waals surface area contributed by atoms with Gasteiger partial charge in [-0.1, -0.05) is 0 Å². The van der Waals surface area contributed by atoms with Gasteiger partial charge in [0.05, 0.1) is 97.2 Å². The molecular weight excluding hydrogens is 666 g/mol. The van der Waals surface area contributed by atoms with E-state index in [1.807, 2.05) is 4.90 Å². The maximum atomic E-state index is 12.3. The minimum atomic E-state index is -0.633. The molecule has 0 fully saturated rings. The van der Waals surface area contributed by atoms with Gasteiger partial charge in [-0.25, -0.2) is 0 Å². The van der Waals surface area contributed by atoms with Crippen molar-refractivity contribution in [2.75, 3.05) is 65.9 Å². The number of esters is 4. The number of ether oxygens (including phenoxy) is 8. The van der Waals surface area contributed by atoms with Gasteiger partial charge in [0.15, 0.2) is 0 Å². The average Bonchev–Trinajstić information content (AvgIpc) is 2.93. The third-order valence-corrected chi connectivity index (χ3v) is 6.12. The van der Waals surface area contributed by atoms with Crippen molar-refractivity contribution in [2.45, 2.75) is 143 Å². The van der Waals surface area contributed by atoms with Gasteiger partial charge in [0.2, 0.25) is 5.39 Å². The molecule has 0 aromatic heterocycles. The molecule has 0 aliphatic heterocycles. The zero-order valence-corrected chi connectivity index (χ0v) is 33.3. The second-order valence-electron chi connectivity index (χ2n) is 16.1. The molecule has 0 atom stereocenters. The maximum absolute atomic E-state index is 12.3. The van der Waals surface area contributed by atoms with E-state index >= 15 is 0 Å². The lowest BCUT2D eigenvalue weighted by atomic mass is 10.1. The lowest BCUT2D eigenvalue weighted by Crippen LogP contribution is -2.52. The van der Waals surface area contributed by atoms with Crippen LogP contribution in [0.25, 0.3) is 4.98 Å². The van der Waals surface area contributed by atoms with Gasteiger partial charge in [-0.3, -0.25) is 24.1 Å². The molecule has 15 nitrogen and oxygen atoms in total. The van der Waals surface area contributed by atoms with Crippen LogP contribution in [0, 0.1) is 5.39 Å². The number of nitrogens with zero attached hydrogens (tertiary/aromatic N) is 3. The van der Waals surface area contributed by atoms with Crippen LogP contribution in [0.3, 0.4) is 0 Å². The van der Waals surface area contributed by atoms with E-state index in [-0.39, 0.29) is 91.6 Å². The van der Waals surface area contributed by atoms with Crippen molar-refractivity contribution in [3.05, 3.63) is 4.98 Å². The van der Waals surface area contributed by atoms with Crippen LogP contribution >= 0.6 is 0 Å². The lowest BCUT2D eigenvalue weighted by Gasteiger charge is -2.36. The summed E-state index contributed by atoms with van der Waals surface area (Å²) < 4.78 is 45.2. The SMILES string of the molecule is CC(C)(C)OC(=O)CCOCC(COCCC(=O)OC(C)(C)C)N(CC[N+]#N)C(COCCC(=O)OC(C)(C)C)COCCC(=O)OC(C)(C)C. The number of hydrogen-bond donors (Lipinski definition) is 0. The smallest absolute Gasteiger partial charge is 0.318 e. The van der Waals surface area contributed by atoms with Gasteiger partial charge < -0.3 is 37.9 Å². The molecule has 0 unspecified atom stereocenters. The van der Waals surface area contributed by atoms with Crippen molar-refractivity contribution >= 4 is 23.9 Å². The minimum absolute atomic E-state index is 0.0264. The van der Waals surface area contributed by atoms with Crippen molar-refractivity contribution in [2.24, 2.45) is 0 Å². The predicted molar refractivity (Wildman–Crippen MR) is 189 cm³/mol. The molecule has 0 radical (unpaired) electrons. The lowest BCUT2D eigenvalue weighted by molar-refractivity contribution is -0.157. The van der Waals surface area contributed by atoms with E-state index in [1.54, 1.807) is 83.1 Å². The fraction of sp³-hybridized carbons (Fsp3) is 0.889. The average molecular weight is 733 g/mol. The summed E-state index contributed by atoms with van der Waals surface area (Å²) in [7, 11) is 0. The van der Waals surface area contributed by atoms with Crippen molar-refractivity contribution in [1.29, 1.82) is 5.39 Å². The molecule has 51 heavy (non-hydrogen) atoms. The Hall–Kier alpha value is -2.90. The highest BCUT2D eigenvalue weighted by atomic mass is 16.6. The zero-order valence-electron chi connectivity index (χ0n) is 33.3. The van der Waals surface area contributed by atoms with Gasteiger partial charge >= 0.3 is 30.4 Å². The molecule has 0 aromatic rings. The van der Waals surface area contributed by atoms with Crippen LogP contribution in [-0.4, -0.2) is 129 Å². The van der Waals surface area contributed by atoms with Gasteiger partial charge in [-0.15, -0.1) is 0 Å². The van der Waals surface area contributed by atoms with Crippen LogP contribution in [-0.2, 0) is 57.1 Å². The largest absolute Gasteiger partial charge is 0.460 e. The molecule has 0 aromatic carbocycles. The summed E-state index contributed by atoms with van der Waals surface area (Å²) in [5.41, 5.74) is -2.53. The Bertz CT molecular complexity index is 933. The first-order chi connectivity index (χ1) is 23.4. The molecular formula is C36H66N3O12+. The van der Waals surface area contributed by atoms with Crippen LogP contribution in [0.2, 0.25) is 0 Å². The molecule has 0 N–H and O–H groups in total. The second kappa shape index (κ2) is 23.6. The molecule has 0 aliphatic carbocycles. The van der Waals surface area contributed by atoms with Crippen LogP contribution in [0.5, 0.6) is 0 Å². The summed E-state index contributed by atoms with van der Waals surface area (Å²) in [6, 6.07) is -0.976. The standard InChI is InChI=1S/C36H66N3O12/c1-33(2,3)48-29(40)13-19-44-23-27(24-45-20-14-30(41)49-34(4,5)6)39(18-17-38-37)28(25-46-21-15-31(42)50-35(7,8)9)26-47-22-16-32(43)51-36(10,11)12/h27-28H,13-26H2,1-12H3/q+1. The highest BCUT2D eigenvalue weighted by Gasteiger charge is 2.30. The Morgan fingerprint density at radius 2 is 0.725 bits per heavy atom. The first-order valence-electron chi connectivity index (χ1n) is 17.7. The minimum Gasteiger partial charge on any atom is -0.460 e. The summed E-state index contributed by atoms with van der Waals surface area (Å²) in [6.45, 7) is 22.3. The summed E-state index contributed by atoms with van der Waals surface area (Å²) in [4.78, 5) is 54.4. The number of hydrogen-bond acceptors (Lipinski definition) is 14. The van der Waals surface area contributed by atoms with Crippen molar-refractivity contribution in [3.63, 3.8) is 0 Å². The van der Waals surface area contributed by atoms with Crippen molar-refractivity contribution < 1.29 is 57.1 Å². The highest BCUT2D eigenvalue weighted by molar-refractivity contribution is 5.71. The Labute approximate surface area is 305 Å². The number of rotatable bonds is 24. The van der Waals surface area contributed by atoms with Crippen molar-refractivity contribution in [1.82, 2.24) is 4.90 Å². The van der Waals surface area contributed by atoms with Gasteiger partial charge in [-0.2, -0.15) is 0 Å². The topological polar surface area (TPSA) is 174 Å². The Morgan fingerprint density at radius 3 is 0.922 bits per heavy atom. The van der Waals surface area contributed by atoms with Gasteiger partial charge in [-0.05, 0) is 83.1 Å². The van der Waals surface area contributed by atoms with E-state index in [9.17, 15) is 24.6 Å². The summed E-state index contributed by atoms with van der Waals surface area (Å²) in [5.74, 6) is -1.62. The molecule has 0 bridgehead atoms. The molecule has 0 amide bonds. The highest BCUT2D eigenvalue weighted by Crippen LogP contribution is 2.15. The fourth-order valence-corrected chi connectivity index (χ4v) is 4.37. The molecule has 15 heteroatoms. The van der Waals surface area contributed by atoms with Gasteiger partial charge in [0.25, 0.3) is 0 Å². The molecule has 0 spiro atoms. The Kier molecular flexibility index (Phi) is 22.3. The first-order valence-corrected chi connectivity index (χ1v) is 17.7. The van der Waals surface area contributed by atoms with E-state index < -0.39 is 58.4 Å². The quantitative estimate of drug-likeness (QED) is 0.0569. The van der Waals surface area contributed by atoms with E-state index in [2.05, 4.69) is 4.98 Å². The van der Waals surface area contributed by atoms with Gasteiger partial charge in [0.1, 0.15) is 27.4 Å². The molecule has 0 heterocycles. The third kappa shape index (κ3) is 29.4. The van der Waals surface area contributed by atoms with Crippen LogP contribution in [0.15, 0.2) is 0 Å². The normalized spacial score (nSPS) is 12.6. The van der Waals surface area contributed by atoms with Gasteiger partial charge in [0, 0.05) is 0 Å². The van der Waals surface area contributed by atoms with Crippen LogP contribution < -0.4 is 0 Å². The Balaban J connectivity index is 5.96. The zero-order chi connectivity index (χ0) is 39.3.